The normalized spacial score (nSPS) is 10.1. The minimum atomic E-state index is 0.0636. The van der Waals surface area contributed by atoms with E-state index >= 15 is 0 Å². The molecule has 0 aliphatic carbocycles. The predicted octanol–water partition coefficient (Wildman–Crippen LogP) is 2.65. The average molecular weight is 246 g/mol. The molecule has 1 heterocycles. The number of thiophene rings is 1. The second kappa shape index (κ2) is 5.50. The molecule has 0 saturated heterocycles. The Morgan fingerprint density at radius 1 is 1.29 bits per heavy atom. The van der Waals surface area contributed by atoms with Crippen molar-refractivity contribution < 1.29 is 4.74 Å². The Hall–Kier alpha value is -1.81. The van der Waals surface area contributed by atoms with Crippen LogP contribution in [0.25, 0.3) is 0 Å². The third-order valence-corrected chi connectivity index (χ3v) is 3.28. The lowest BCUT2D eigenvalue weighted by Gasteiger charge is -2.06. The smallest absolute Gasteiger partial charge is 0.122 e. The molecular weight excluding hydrogens is 232 g/mol. The van der Waals surface area contributed by atoms with E-state index in [0.29, 0.717) is 12.2 Å². The molecule has 0 bridgehead atoms. The summed E-state index contributed by atoms with van der Waals surface area (Å²) in [6.45, 7) is 0.641. The van der Waals surface area contributed by atoms with Crippen LogP contribution >= 0.6 is 11.3 Å². The first-order valence-electron chi connectivity index (χ1n) is 5.35. The van der Waals surface area contributed by atoms with Gasteiger partial charge >= 0.3 is 0 Å². The molecule has 1 aromatic carbocycles. The van der Waals surface area contributed by atoms with Gasteiger partial charge in [-0.15, -0.1) is 11.3 Å². The van der Waals surface area contributed by atoms with Crippen molar-refractivity contribution in [3.8, 4) is 5.75 Å². The van der Waals surface area contributed by atoms with Crippen molar-refractivity contribution in [1.82, 2.24) is 0 Å². The zero-order chi connectivity index (χ0) is 12.1. The van der Waals surface area contributed by atoms with E-state index in [0.717, 1.165) is 12.2 Å². The van der Waals surface area contributed by atoms with Gasteiger partial charge in [0, 0.05) is 16.9 Å². The maximum Gasteiger partial charge on any atom is 0.122 e. The first kappa shape index (κ1) is 11.7. The highest BCUT2D eigenvalue weighted by Crippen LogP contribution is 2.14. The predicted molar refractivity (Wildman–Crippen MR) is 71.0 cm³/mol. The van der Waals surface area contributed by atoms with Crippen molar-refractivity contribution in [2.75, 3.05) is 6.61 Å². The second-order valence-electron chi connectivity index (χ2n) is 3.62. The molecule has 2 rings (SSSR count). The monoisotopic (exact) mass is 246 g/mol. The number of hydrogen-bond donors (Lipinski definition) is 2. The maximum absolute atomic E-state index is 7.35. The zero-order valence-corrected chi connectivity index (χ0v) is 10.2. The molecule has 0 aliphatic rings. The first-order chi connectivity index (χ1) is 8.25. The molecule has 1 aromatic heterocycles. The number of hydrogen-bond acceptors (Lipinski definition) is 3. The van der Waals surface area contributed by atoms with Crippen LogP contribution in [0.1, 0.15) is 10.4 Å². The number of ether oxygens (including phenoxy) is 1. The highest BCUT2D eigenvalue weighted by atomic mass is 32.1. The Labute approximate surface area is 104 Å². The molecule has 4 heteroatoms. The molecule has 0 radical (unpaired) electrons. The number of nitrogen functional groups attached to an aromatic ring is 1. The number of amidine groups is 1. The SMILES string of the molecule is N=C(N)c1cccc(OCCc2cccs2)c1. The van der Waals surface area contributed by atoms with Crippen molar-refractivity contribution >= 4 is 17.2 Å². The van der Waals surface area contributed by atoms with E-state index < -0.39 is 0 Å². The standard InChI is InChI=1S/C13H14N2OS/c14-13(15)10-3-1-4-11(9-10)16-7-6-12-5-2-8-17-12/h1-5,8-9H,6-7H2,(H3,14,15). The average Bonchev–Trinajstić information content (AvgIpc) is 2.82. The van der Waals surface area contributed by atoms with E-state index in [1.165, 1.54) is 4.88 Å². The highest BCUT2D eigenvalue weighted by molar-refractivity contribution is 7.09. The Morgan fingerprint density at radius 2 is 2.18 bits per heavy atom. The van der Waals surface area contributed by atoms with Gasteiger partial charge in [0.1, 0.15) is 11.6 Å². The van der Waals surface area contributed by atoms with Gasteiger partial charge < -0.3 is 10.5 Å². The molecule has 0 fully saturated rings. The van der Waals surface area contributed by atoms with E-state index in [1.807, 2.05) is 18.2 Å². The van der Waals surface area contributed by atoms with Gasteiger partial charge in [0.05, 0.1) is 6.61 Å². The number of rotatable bonds is 5. The molecule has 0 atom stereocenters. The topological polar surface area (TPSA) is 59.1 Å². The number of nitrogens with one attached hydrogen (secondary N) is 1. The highest BCUT2D eigenvalue weighted by Gasteiger charge is 2.00. The van der Waals surface area contributed by atoms with Gasteiger partial charge in [-0.25, -0.2) is 0 Å². The molecule has 88 valence electrons. The number of benzene rings is 1. The van der Waals surface area contributed by atoms with Gasteiger partial charge in [0.2, 0.25) is 0 Å². The summed E-state index contributed by atoms with van der Waals surface area (Å²) in [6.07, 6.45) is 0.905. The fourth-order valence-corrected chi connectivity index (χ4v) is 2.17. The van der Waals surface area contributed by atoms with Crippen LogP contribution in [0.2, 0.25) is 0 Å². The summed E-state index contributed by atoms with van der Waals surface area (Å²) in [7, 11) is 0. The van der Waals surface area contributed by atoms with Crippen LogP contribution in [0.4, 0.5) is 0 Å². The first-order valence-corrected chi connectivity index (χ1v) is 6.23. The summed E-state index contributed by atoms with van der Waals surface area (Å²) < 4.78 is 5.62. The maximum atomic E-state index is 7.35. The van der Waals surface area contributed by atoms with Gasteiger partial charge in [-0.1, -0.05) is 18.2 Å². The minimum absolute atomic E-state index is 0.0636. The summed E-state index contributed by atoms with van der Waals surface area (Å²) in [6, 6.07) is 11.4. The summed E-state index contributed by atoms with van der Waals surface area (Å²) >= 11 is 1.73. The van der Waals surface area contributed by atoms with Gasteiger partial charge in [-0.2, -0.15) is 0 Å². The molecule has 17 heavy (non-hydrogen) atoms. The Kier molecular flexibility index (Phi) is 3.77. The van der Waals surface area contributed by atoms with Crippen molar-refractivity contribution in [3.63, 3.8) is 0 Å². The molecular formula is C13H14N2OS. The van der Waals surface area contributed by atoms with Crippen molar-refractivity contribution in [2.45, 2.75) is 6.42 Å². The molecule has 0 unspecified atom stereocenters. The summed E-state index contributed by atoms with van der Waals surface area (Å²) in [5, 5.41) is 9.41. The third-order valence-electron chi connectivity index (χ3n) is 2.34. The number of nitrogens with two attached hydrogens (primary N) is 1. The third kappa shape index (κ3) is 3.32. The van der Waals surface area contributed by atoms with Gasteiger partial charge in [-0.3, -0.25) is 5.41 Å². The van der Waals surface area contributed by atoms with Crippen LogP contribution in [0.15, 0.2) is 41.8 Å². The van der Waals surface area contributed by atoms with Crippen LogP contribution in [0.5, 0.6) is 5.75 Å². The van der Waals surface area contributed by atoms with Crippen LogP contribution in [-0.4, -0.2) is 12.4 Å². The van der Waals surface area contributed by atoms with Gasteiger partial charge in [0.15, 0.2) is 0 Å². The minimum Gasteiger partial charge on any atom is -0.493 e. The van der Waals surface area contributed by atoms with Crippen LogP contribution in [0.3, 0.4) is 0 Å². The summed E-state index contributed by atoms with van der Waals surface area (Å²) in [4.78, 5) is 1.31. The molecule has 2 aromatic rings. The van der Waals surface area contributed by atoms with Crippen LogP contribution in [-0.2, 0) is 6.42 Å². The van der Waals surface area contributed by atoms with E-state index in [1.54, 1.807) is 23.5 Å². The molecule has 0 saturated carbocycles. The lowest BCUT2D eigenvalue weighted by molar-refractivity contribution is 0.323. The Balaban J connectivity index is 1.90. The molecule has 3 nitrogen and oxygen atoms in total. The zero-order valence-electron chi connectivity index (χ0n) is 9.35. The quantitative estimate of drug-likeness (QED) is 0.629. The second-order valence-corrected chi connectivity index (χ2v) is 4.65. The molecule has 0 amide bonds. The Bertz CT molecular complexity index is 494. The molecule has 0 aliphatic heterocycles. The van der Waals surface area contributed by atoms with Crippen molar-refractivity contribution in [2.24, 2.45) is 5.73 Å². The lowest BCUT2D eigenvalue weighted by atomic mass is 10.2. The molecule has 0 spiro atoms. The fraction of sp³-hybridized carbons (Fsp3) is 0.154. The van der Waals surface area contributed by atoms with Crippen molar-refractivity contribution in [1.29, 1.82) is 5.41 Å². The largest absolute Gasteiger partial charge is 0.493 e. The van der Waals surface area contributed by atoms with Gasteiger partial charge in [0.25, 0.3) is 0 Å². The van der Waals surface area contributed by atoms with Crippen molar-refractivity contribution in [3.05, 3.63) is 52.2 Å². The van der Waals surface area contributed by atoms with E-state index in [2.05, 4.69) is 11.4 Å². The van der Waals surface area contributed by atoms with E-state index in [9.17, 15) is 0 Å². The van der Waals surface area contributed by atoms with Gasteiger partial charge in [-0.05, 0) is 23.6 Å². The fourth-order valence-electron chi connectivity index (χ4n) is 1.48. The summed E-state index contributed by atoms with van der Waals surface area (Å²) in [5.41, 5.74) is 6.11. The van der Waals surface area contributed by atoms with E-state index in [-0.39, 0.29) is 5.84 Å². The van der Waals surface area contributed by atoms with Crippen LogP contribution in [0, 0.1) is 5.41 Å². The summed E-state index contributed by atoms with van der Waals surface area (Å²) in [5.74, 6) is 0.822. The van der Waals surface area contributed by atoms with E-state index in [4.69, 9.17) is 15.9 Å². The lowest BCUT2D eigenvalue weighted by Crippen LogP contribution is -2.11. The molecule has 3 N–H and O–H groups in total. The van der Waals surface area contributed by atoms with Crippen LogP contribution < -0.4 is 10.5 Å². The Morgan fingerprint density at radius 3 is 2.88 bits per heavy atom.